The van der Waals surface area contributed by atoms with Gasteiger partial charge in [0.15, 0.2) is 0 Å². The molecule has 0 amide bonds. The van der Waals surface area contributed by atoms with E-state index in [1.807, 2.05) is 0 Å². The van der Waals surface area contributed by atoms with Gasteiger partial charge in [0, 0.05) is 25.2 Å². The van der Waals surface area contributed by atoms with Crippen LogP contribution in [0.1, 0.15) is 39.5 Å². The monoisotopic (exact) mass is 214 g/mol. The SMILES string of the molecule is CCCC1(CCC)COCCN1CCN. The smallest absolute Gasteiger partial charge is 0.0651 e. The average molecular weight is 214 g/mol. The fraction of sp³-hybridized carbons (Fsp3) is 1.00. The summed E-state index contributed by atoms with van der Waals surface area (Å²) in [7, 11) is 0. The Hall–Kier alpha value is -0.120. The molecule has 3 heteroatoms. The molecule has 1 aliphatic rings. The van der Waals surface area contributed by atoms with Crippen LogP contribution in [0.2, 0.25) is 0 Å². The van der Waals surface area contributed by atoms with Gasteiger partial charge in [-0.25, -0.2) is 0 Å². The van der Waals surface area contributed by atoms with E-state index in [0.29, 0.717) is 0 Å². The van der Waals surface area contributed by atoms with E-state index in [0.717, 1.165) is 32.8 Å². The quantitative estimate of drug-likeness (QED) is 0.730. The number of rotatable bonds is 6. The summed E-state index contributed by atoms with van der Waals surface area (Å²) in [5.41, 5.74) is 5.97. The van der Waals surface area contributed by atoms with Crippen molar-refractivity contribution in [3.8, 4) is 0 Å². The minimum atomic E-state index is 0.279. The van der Waals surface area contributed by atoms with Crippen LogP contribution < -0.4 is 5.73 Å². The Kier molecular flexibility index (Phi) is 5.58. The number of morpholine rings is 1. The molecule has 0 spiro atoms. The molecule has 1 heterocycles. The van der Waals surface area contributed by atoms with Gasteiger partial charge in [0.25, 0.3) is 0 Å². The van der Waals surface area contributed by atoms with Gasteiger partial charge in [-0.15, -0.1) is 0 Å². The van der Waals surface area contributed by atoms with Gasteiger partial charge in [0.05, 0.1) is 13.2 Å². The molecule has 15 heavy (non-hydrogen) atoms. The third-order valence-corrected chi connectivity index (χ3v) is 3.38. The van der Waals surface area contributed by atoms with E-state index in [2.05, 4.69) is 18.7 Å². The van der Waals surface area contributed by atoms with Crippen molar-refractivity contribution in [2.45, 2.75) is 45.1 Å². The maximum atomic E-state index is 5.69. The zero-order valence-corrected chi connectivity index (χ0v) is 10.3. The Morgan fingerprint density at radius 2 is 1.93 bits per heavy atom. The first-order valence-electron chi connectivity index (χ1n) is 6.32. The van der Waals surface area contributed by atoms with Gasteiger partial charge in [-0.05, 0) is 12.8 Å². The van der Waals surface area contributed by atoms with Crippen LogP contribution in [0.25, 0.3) is 0 Å². The topological polar surface area (TPSA) is 38.5 Å². The highest BCUT2D eigenvalue weighted by Gasteiger charge is 2.37. The molecule has 0 aromatic rings. The Morgan fingerprint density at radius 1 is 1.27 bits per heavy atom. The van der Waals surface area contributed by atoms with Gasteiger partial charge in [0.1, 0.15) is 0 Å². The lowest BCUT2D eigenvalue weighted by Gasteiger charge is -2.47. The van der Waals surface area contributed by atoms with E-state index in [-0.39, 0.29) is 5.54 Å². The molecule has 0 aliphatic carbocycles. The highest BCUT2D eigenvalue weighted by Crippen LogP contribution is 2.29. The van der Waals surface area contributed by atoms with Crippen LogP contribution >= 0.6 is 0 Å². The van der Waals surface area contributed by atoms with Crippen LogP contribution in [0.4, 0.5) is 0 Å². The Morgan fingerprint density at radius 3 is 2.47 bits per heavy atom. The average Bonchev–Trinajstić information content (AvgIpc) is 2.23. The highest BCUT2D eigenvalue weighted by molar-refractivity contribution is 4.92. The number of hydrogen-bond donors (Lipinski definition) is 1. The molecule has 0 unspecified atom stereocenters. The molecule has 0 saturated carbocycles. The molecule has 0 atom stereocenters. The molecule has 90 valence electrons. The molecule has 1 fully saturated rings. The molecular weight excluding hydrogens is 188 g/mol. The summed E-state index contributed by atoms with van der Waals surface area (Å²) < 4.78 is 5.68. The summed E-state index contributed by atoms with van der Waals surface area (Å²) in [6.45, 7) is 9.11. The normalized spacial score (nSPS) is 21.8. The summed E-state index contributed by atoms with van der Waals surface area (Å²) in [6, 6.07) is 0. The van der Waals surface area contributed by atoms with Crippen LogP contribution in [0.5, 0.6) is 0 Å². The molecule has 3 nitrogen and oxygen atoms in total. The first kappa shape index (κ1) is 12.9. The third kappa shape index (κ3) is 3.16. The van der Waals surface area contributed by atoms with Crippen LogP contribution in [0, 0.1) is 0 Å². The van der Waals surface area contributed by atoms with Crippen molar-refractivity contribution in [1.82, 2.24) is 4.90 Å². The van der Waals surface area contributed by atoms with Gasteiger partial charge in [-0.2, -0.15) is 0 Å². The molecule has 0 aromatic heterocycles. The first-order chi connectivity index (χ1) is 7.29. The largest absolute Gasteiger partial charge is 0.378 e. The lowest BCUT2D eigenvalue weighted by Crippen LogP contribution is -2.58. The van der Waals surface area contributed by atoms with E-state index in [1.165, 1.54) is 25.7 Å². The third-order valence-electron chi connectivity index (χ3n) is 3.38. The Balaban J connectivity index is 2.68. The summed E-state index contributed by atoms with van der Waals surface area (Å²) in [4.78, 5) is 2.56. The second kappa shape index (κ2) is 6.46. The van der Waals surface area contributed by atoms with E-state index in [4.69, 9.17) is 10.5 Å². The molecule has 0 bridgehead atoms. The van der Waals surface area contributed by atoms with Crippen molar-refractivity contribution >= 4 is 0 Å². The molecule has 1 rings (SSSR count). The second-order valence-electron chi connectivity index (χ2n) is 4.55. The summed E-state index contributed by atoms with van der Waals surface area (Å²) in [5.74, 6) is 0. The summed E-state index contributed by atoms with van der Waals surface area (Å²) in [6.07, 6.45) is 4.93. The molecule has 0 radical (unpaired) electrons. The van der Waals surface area contributed by atoms with Crippen LogP contribution in [0.15, 0.2) is 0 Å². The predicted octanol–water partition coefficient (Wildman–Crippen LogP) is 1.62. The second-order valence-corrected chi connectivity index (χ2v) is 4.55. The fourth-order valence-corrected chi connectivity index (χ4v) is 2.79. The lowest BCUT2D eigenvalue weighted by atomic mass is 9.86. The van der Waals surface area contributed by atoms with Gasteiger partial charge < -0.3 is 10.5 Å². The van der Waals surface area contributed by atoms with Gasteiger partial charge in [-0.3, -0.25) is 4.90 Å². The van der Waals surface area contributed by atoms with Crippen molar-refractivity contribution in [2.24, 2.45) is 5.73 Å². The van der Waals surface area contributed by atoms with E-state index < -0.39 is 0 Å². The van der Waals surface area contributed by atoms with E-state index in [1.54, 1.807) is 0 Å². The van der Waals surface area contributed by atoms with Crippen LogP contribution in [-0.4, -0.2) is 43.3 Å². The van der Waals surface area contributed by atoms with Crippen LogP contribution in [0.3, 0.4) is 0 Å². The summed E-state index contributed by atoms with van der Waals surface area (Å²) >= 11 is 0. The lowest BCUT2D eigenvalue weighted by molar-refractivity contribution is -0.0762. The fourth-order valence-electron chi connectivity index (χ4n) is 2.79. The van der Waals surface area contributed by atoms with Crippen molar-refractivity contribution in [3.63, 3.8) is 0 Å². The standard InChI is InChI=1S/C12H26N2O/c1-3-5-12(6-4-2)11-15-10-9-14(12)8-7-13/h3-11,13H2,1-2H3. The van der Waals surface area contributed by atoms with E-state index in [9.17, 15) is 0 Å². The maximum Gasteiger partial charge on any atom is 0.0651 e. The van der Waals surface area contributed by atoms with Crippen molar-refractivity contribution in [2.75, 3.05) is 32.8 Å². The Bertz CT molecular complexity index is 159. The van der Waals surface area contributed by atoms with Gasteiger partial charge >= 0.3 is 0 Å². The first-order valence-corrected chi connectivity index (χ1v) is 6.32. The van der Waals surface area contributed by atoms with Crippen LogP contribution in [-0.2, 0) is 4.74 Å². The minimum Gasteiger partial charge on any atom is -0.378 e. The number of nitrogens with two attached hydrogens (primary N) is 1. The van der Waals surface area contributed by atoms with E-state index >= 15 is 0 Å². The molecule has 0 aromatic carbocycles. The molecule has 1 saturated heterocycles. The predicted molar refractivity (Wildman–Crippen MR) is 64.0 cm³/mol. The van der Waals surface area contributed by atoms with Gasteiger partial charge in [0.2, 0.25) is 0 Å². The number of ether oxygens (including phenoxy) is 1. The Labute approximate surface area is 94.0 Å². The zero-order chi connectivity index (χ0) is 11.1. The highest BCUT2D eigenvalue weighted by atomic mass is 16.5. The maximum absolute atomic E-state index is 5.69. The molecular formula is C12H26N2O. The molecule has 1 aliphatic heterocycles. The van der Waals surface area contributed by atoms with Crippen molar-refractivity contribution in [3.05, 3.63) is 0 Å². The number of hydrogen-bond acceptors (Lipinski definition) is 3. The summed E-state index contributed by atoms with van der Waals surface area (Å²) in [5, 5.41) is 0. The number of nitrogens with zero attached hydrogens (tertiary/aromatic N) is 1. The molecule has 2 N–H and O–H groups in total. The van der Waals surface area contributed by atoms with Gasteiger partial charge in [-0.1, -0.05) is 26.7 Å². The van der Waals surface area contributed by atoms with Crippen molar-refractivity contribution < 1.29 is 4.74 Å². The minimum absolute atomic E-state index is 0.279. The zero-order valence-electron chi connectivity index (χ0n) is 10.3. The van der Waals surface area contributed by atoms with Crippen molar-refractivity contribution in [1.29, 1.82) is 0 Å².